The number of nitrogens with one attached hydrogen (secondary N) is 1. The van der Waals surface area contributed by atoms with E-state index in [1.54, 1.807) is 0 Å². The standard InChI is InChI=1S/C14H20F3NO/c1-12(6-5-9-14(15,16)17)18-10-11-19-13-7-3-2-4-8-13/h2-4,7-8,12,18H,5-6,9-11H2,1H3. The highest BCUT2D eigenvalue weighted by atomic mass is 19.4. The number of halogens is 3. The number of alkyl halides is 3. The summed E-state index contributed by atoms with van der Waals surface area (Å²) in [5, 5.41) is 3.15. The molecule has 0 radical (unpaired) electrons. The Balaban J connectivity index is 2.03. The van der Waals surface area contributed by atoms with Gasteiger partial charge in [-0.05, 0) is 31.9 Å². The molecule has 19 heavy (non-hydrogen) atoms. The van der Waals surface area contributed by atoms with Crippen LogP contribution in [-0.4, -0.2) is 25.4 Å². The first-order chi connectivity index (χ1) is 8.97. The maximum atomic E-state index is 12.0. The Labute approximate surface area is 112 Å². The minimum atomic E-state index is -4.05. The molecule has 1 N–H and O–H groups in total. The van der Waals surface area contributed by atoms with E-state index in [0.29, 0.717) is 19.6 Å². The molecule has 0 saturated heterocycles. The zero-order chi connectivity index (χ0) is 14.1. The molecule has 1 aromatic carbocycles. The highest BCUT2D eigenvalue weighted by Crippen LogP contribution is 2.22. The molecular weight excluding hydrogens is 255 g/mol. The number of benzene rings is 1. The second-order valence-electron chi connectivity index (χ2n) is 4.52. The molecular formula is C14H20F3NO. The number of hydrogen-bond donors (Lipinski definition) is 1. The van der Waals surface area contributed by atoms with Crippen molar-refractivity contribution in [2.24, 2.45) is 0 Å². The summed E-state index contributed by atoms with van der Waals surface area (Å²) in [5.74, 6) is 0.800. The summed E-state index contributed by atoms with van der Waals surface area (Å²) in [6.07, 6.45) is -4.07. The van der Waals surface area contributed by atoms with Crippen LogP contribution in [0.5, 0.6) is 5.75 Å². The van der Waals surface area contributed by atoms with E-state index in [4.69, 9.17) is 4.74 Å². The Morgan fingerprint density at radius 1 is 1.21 bits per heavy atom. The van der Waals surface area contributed by atoms with Gasteiger partial charge >= 0.3 is 6.18 Å². The van der Waals surface area contributed by atoms with Crippen molar-refractivity contribution < 1.29 is 17.9 Å². The fraction of sp³-hybridized carbons (Fsp3) is 0.571. The molecule has 1 aromatic rings. The first-order valence-electron chi connectivity index (χ1n) is 6.45. The lowest BCUT2D eigenvalue weighted by atomic mass is 10.1. The summed E-state index contributed by atoms with van der Waals surface area (Å²) in [6, 6.07) is 9.50. The Kier molecular flexibility index (Phi) is 6.70. The lowest BCUT2D eigenvalue weighted by Crippen LogP contribution is -2.30. The van der Waals surface area contributed by atoms with Gasteiger partial charge < -0.3 is 10.1 Å². The quantitative estimate of drug-likeness (QED) is 0.729. The van der Waals surface area contributed by atoms with Crippen molar-refractivity contribution in [1.82, 2.24) is 5.32 Å². The predicted octanol–water partition coefficient (Wildman–Crippen LogP) is 3.78. The third-order valence-electron chi connectivity index (χ3n) is 2.70. The van der Waals surface area contributed by atoms with E-state index in [1.807, 2.05) is 37.3 Å². The maximum absolute atomic E-state index is 12.0. The van der Waals surface area contributed by atoms with Crippen LogP contribution in [0, 0.1) is 0 Å². The zero-order valence-electron chi connectivity index (χ0n) is 11.0. The van der Waals surface area contributed by atoms with Gasteiger partial charge in [-0.25, -0.2) is 0 Å². The fourth-order valence-corrected chi connectivity index (χ4v) is 1.70. The number of ether oxygens (including phenoxy) is 1. The third kappa shape index (κ3) is 8.48. The molecule has 2 nitrogen and oxygen atoms in total. The molecule has 0 amide bonds. The minimum absolute atomic E-state index is 0.0710. The van der Waals surface area contributed by atoms with E-state index < -0.39 is 12.6 Å². The van der Waals surface area contributed by atoms with Crippen molar-refractivity contribution >= 4 is 0 Å². The van der Waals surface area contributed by atoms with Crippen LogP contribution in [0.15, 0.2) is 30.3 Å². The van der Waals surface area contributed by atoms with Gasteiger partial charge in [-0.2, -0.15) is 13.2 Å². The average Bonchev–Trinajstić information content (AvgIpc) is 2.34. The van der Waals surface area contributed by atoms with Crippen molar-refractivity contribution in [2.45, 2.75) is 38.4 Å². The van der Waals surface area contributed by atoms with Crippen molar-refractivity contribution in [1.29, 1.82) is 0 Å². The molecule has 0 aliphatic heterocycles. The number of para-hydroxylation sites is 1. The second-order valence-corrected chi connectivity index (χ2v) is 4.52. The van der Waals surface area contributed by atoms with Gasteiger partial charge in [0.25, 0.3) is 0 Å². The summed E-state index contributed by atoms with van der Waals surface area (Å²) in [6.45, 7) is 3.02. The highest BCUT2D eigenvalue weighted by Gasteiger charge is 2.26. The molecule has 1 rings (SSSR count). The van der Waals surface area contributed by atoms with E-state index in [2.05, 4.69) is 5.32 Å². The molecule has 1 unspecified atom stereocenters. The van der Waals surface area contributed by atoms with Crippen molar-refractivity contribution in [2.75, 3.05) is 13.2 Å². The van der Waals surface area contributed by atoms with Gasteiger partial charge in [0.1, 0.15) is 12.4 Å². The predicted molar refractivity (Wildman–Crippen MR) is 69.3 cm³/mol. The smallest absolute Gasteiger partial charge is 0.389 e. The third-order valence-corrected chi connectivity index (χ3v) is 2.70. The Morgan fingerprint density at radius 2 is 1.89 bits per heavy atom. The topological polar surface area (TPSA) is 21.3 Å². The van der Waals surface area contributed by atoms with Crippen LogP contribution < -0.4 is 10.1 Å². The normalized spacial score (nSPS) is 13.3. The van der Waals surface area contributed by atoms with Gasteiger partial charge in [-0.15, -0.1) is 0 Å². The minimum Gasteiger partial charge on any atom is -0.492 e. The molecule has 1 atom stereocenters. The van der Waals surface area contributed by atoms with Crippen LogP contribution in [0.25, 0.3) is 0 Å². The fourth-order valence-electron chi connectivity index (χ4n) is 1.70. The van der Waals surface area contributed by atoms with Crippen LogP contribution >= 0.6 is 0 Å². The van der Waals surface area contributed by atoms with E-state index in [-0.39, 0.29) is 12.5 Å². The highest BCUT2D eigenvalue weighted by molar-refractivity contribution is 5.20. The summed E-state index contributed by atoms with van der Waals surface area (Å²) >= 11 is 0. The lowest BCUT2D eigenvalue weighted by molar-refractivity contribution is -0.135. The zero-order valence-corrected chi connectivity index (χ0v) is 11.0. The number of hydrogen-bond acceptors (Lipinski definition) is 2. The van der Waals surface area contributed by atoms with Gasteiger partial charge in [0, 0.05) is 19.0 Å². The maximum Gasteiger partial charge on any atom is 0.389 e. The first-order valence-corrected chi connectivity index (χ1v) is 6.45. The van der Waals surface area contributed by atoms with Crippen molar-refractivity contribution in [3.63, 3.8) is 0 Å². The van der Waals surface area contributed by atoms with E-state index >= 15 is 0 Å². The van der Waals surface area contributed by atoms with E-state index in [0.717, 1.165) is 5.75 Å². The molecule has 0 aliphatic rings. The molecule has 0 aliphatic carbocycles. The van der Waals surface area contributed by atoms with Gasteiger partial charge in [-0.1, -0.05) is 18.2 Å². The second kappa shape index (κ2) is 8.04. The summed E-state index contributed by atoms with van der Waals surface area (Å²) < 4.78 is 41.4. The largest absolute Gasteiger partial charge is 0.492 e. The molecule has 0 fully saturated rings. The molecule has 5 heteroatoms. The SMILES string of the molecule is CC(CCCC(F)(F)F)NCCOc1ccccc1. The van der Waals surface area contributed by atoms with Gasteiger partial charge in [-0.3, -0.25) is 0 Å². The Bertz CT molecular complexity index is 340. The first kappa shape index (κ1) is 15.8. The monoisotopic (exact) mass is 275 g/mol. The van der Waals surface area contributed by atoms with Crippen LogP contribution in [0.1, 0.15) is 26.2 Å². The molecule has 108 valence electrons. The molecule has 0 spiro atoms. The van der Waals surface area contributed by atoms with Gasteiger partial charge in [0.15, 0.2) is 0 Å². The lowest BCUT2D eigenvalue weighted by Gasteiger charge is -2.14. The van der Waals surface area contributed by atoms with E-state index in [9.17, 15) is 13.2 Å². The summed E-state index contributed by atoms with van der Waals surface area (Å²) in [5.41, 5.74) is 0. The average molecular weight is 275 g/mol. The van der Waals surface area contributed by atoms with Crippen LogP contribution in [0.2, 0.25) is 0 Å². The molecule has 0 heterocycles. The summed E-state index contributed by atoms with van der Waals surface area (Å²) in [4.78, 5) is 0. The molecule has 0 bridgehead atoms. The van der Waals surface area contributed by atoms with Crippen LogP contribution in [-0.2, 0) is 0 Å². The Morgan fingerprint density at radius 3 is 2.53 bits per heavy atom. The van der Waals surface area contributed by atoms with Crippen molar-refractivity contribution in [3.8, 4) is 5.75 Å². The van der Waals surface area contributed by atoms with Crippen molar-refractivity contribution in [3.05, 3.63) is 30.3 Å². The van der Waals surface area contributed by atoms with E-state index in [1.165, 1.54) is 0 Å². The van der Waals surface area contributed by atoms with Gasteiger partial charge in [0.2, 0.25) is 0 Å². The van der Waals surface area contributed by atoms with Crippen LogP contribution in [0.3, 0.4) is 0 Å². The number of rotatable bonds is 8. The molecule has 0 saturated carbocycles. The Hall–Kier alpha value is -1.23. The molecule has 0 aromatic heterocycles. The van der Waals surface area contributed by atoms with Crippen LogP contribution in [0.4, 0.5) is 13.2 Å². The van der Waals surface area contributed by atoms with Gasteiger partial charge in [0.05, 0.1) is 0 Å². The summed E-state index contributed by atoms with van der Waals surface area (Å²) in [7, 11) is 0.